The third-order valence-corrected chi connectivity index (χ3v) is 4.44. The van der Waals surface area contributed by atoms with Gasteiger partial charge in [-0.2, -0.15) is 5.10 Å². The van der Waals surface area contributed by atoms with Crippen LogP contribution in [0.1, 0.15) is 21.9 Å². The van der Waals surface area contributed by atoms with Crippen molar-refractivity contribution in [3.63, 3.8) is 0 Å². The number of carbonyl (C=O) groups excluding carboxylic acids is 1. The van der Waals surface area contributed by atoms with Crippen LogP contribution in [0.4, 0.5) is 4.39 Å². The third kappa shape index (κ3) is 3.88. The number of hydrogen-bond donors (Lipinski definition) is 0. The molecule has 2 heterocycles. The van der Waals surface area contributed by atoms with Gasteiger partial charge in [-0.05, 0) is 43.3 Å². The standard InChI is InChI=1S/C20H14ClFN4O3/c1-12-17(18(21)26(25-12)15-9-7-14(22)8-10-15)20(27)28-11-16-23-24-19(29-16)13-5-3-2-4-6-13/h2-10H,11H2,1H3. The summed E-state index contributed by atoms with van der Waals surface area (Å²) >= 11 is 6.32. The molecule has 0 aliphatic rings. The lowest BCUT2D eigenvalue weighted by Crippen LogP contribution is -2.07. The second-order valence-electron chi connectivity index (χ2n) is 6.08. The highest BCUT2D eigenvalue weighted by atomic mass is 35.5. The van der Waals surface area contributed by atoms with Crippen molar-refractivity contribution in [1.82, 2.24) is 20.0 Å². The van der Waals surface area contributed by atoms with E-state index in [9.17, 15) is 9.18 Å². The largest absolute Gasteiger partial charge is 0.452 e. The van der Waals surface area contributed by atoms with Crippen molar-refractivity contribution in [2.45, 2.75) is 13.5 Å². The van der Waals surface area contributed by atoms with Gasteiger partial charge in [0.05, 0.1) is 11.4 Å². The molecule has 0 N–H and O–H groups in total. The maximum absolute atomic E-state index is 13.1. The quantitative estimate of drug-likeness (QED) is 0.452. The second-order valence-corrected chi connectivity index (χ2v) is 6.44. The maximum atomic E-state index is 13.1. The molecule has 0 fully saturated rings. The zero-order valence-corrected chi connectivity index (χ0v) is 15.9. The number of nitrogens with zero attached hydrogens (tertiary/aromatic N) is 4. The first-order valence-electron chi connectivity index (χ1n) is 8.59. The van der Waals surface area contributed by atoms with Crippen molar-refractivity contribution in [3.05, 3.63) is 82.7 Å². The molecule has 0 saturated heterocycles. The third-order valence-electron chi connectivity index (χ3n) is 4.09. The van der Waals surface area contributed by atoms with Crippen LogP contribution < -0.4 is 0 Å². The van der Waals surface area contributed by atoms with Crippen LogP contribution in [0.3, 0.4) is 0 Å². The Hall–Kier alpha value is -3.52. The fraction of sp³-hybridized carbons (Fsp3) is 0.100. The topological polar surface area (TPSA) is 83.0 Å². The highest BCUT2D eigenvalue weighted by Gasteiger charge is 2.23. The summed E-state index contributed by atoms with van der Waals surface area (Å²) in [6.07, 6.45) is 0. The smallest absolute Gasteiger partial charge is 0.343 e. The SMILES string of the molecule is Cc1nn(-c2ccc(F)cc2)c(Cl)c1C(=O)OCc1nnc(-c2ccccc2)o1. The Kier molecular flexibility index (Phi) is 5.09. The first kappa shape index (κ1) is 18.8. The predicted molar refractivity (Wildman–Crippen MR) is 102 cm³/mol. The van der Waals surface area contributed by atoms with Gasteiger partial charge in [0.25, 0.3) is 5.89 Å². The Morgan fingerprint density at radius 3 is 2.59 bits per heavy atom. The molecule has 4 aromatic rings. The molecule has 0 aliphatic heterocycles. The van der Waals surface area contributed by atoms with Crippen LogP contribution >= 0.6 is 11.6 Å². The average molecular weight is 413 g/mol. The number of rotatable bonds is 5. The van der Waals surface area contributed by atoms with E-state index in [-0.39, 0.29) is 29.0 Å². The molecule has 2 aromatic carbocycles. The fourth-order valence-electron chi connectivity index (χ4n) is 2.69. The van der Waals surface area contributed by atoms with Gasteiger partial charge in [0.1, 0.15) is 16.5 Å². The van der Waals surface area contributed by atoms with Gasteiger partial charge in [-0.3, -0.25) is 0 Å². The molecular weight excluding hydrogens is 399 g/mol. The Labute approximate surface area is 169 Å². The van der Waals surface area contributed by atoms with Crippen LogP contribution in [0.2, 0.25) is 5.15 Å². The van der Waals surface area contributed by atoms with Gasteiger partial charge in [-0.25, -0.2) is 13.9 Å². The summed E-state index contributed by atoms with van der Waals surface area (Å²) in [5.74, 6) is -0.588. The van der Waals surface area contributed by atoms with Gasteiger partial charge in [-0.15, -0.1) is 10.2 Å². The maximum Gasteiger partial charge on any atom is 0.343 e. The molecule has 0 atom stereocenters. The lowest BCUT2D eigenvalue weighted by molar-refractivity contribution is 0.0438. The highest BCUT2D eigenvalue weighted by Crippen LogP contribution is 2.25. The second kappa shape index (κ2) is 7.84. The number of benzene rings is 2. The van der Waals surface area contributed by atoms with Crippen molar-refractivity contribution >= 4 is 17.6 Å². The number of esters is 1. The van der Waals surface area contributed by atoms with Crippen LogP contribution in [0.15, 0.2) is 59.0 Å². The highest BCUT2D eigenvalue weighted by molar-refractivity contribution is 6.33. The summed E-state index contributed by atoms with van der Waals surface area (Å²) in [6, 6.07) is 14.8. The van der Waals surface area contributed by atoms with Crippen LogP contribution in [0, 0.1) is 12.7 Å². The molecule has 0 unspecified atom stereocenters. The van der Waals surface area contributed by atoms with Crippen LogP contribution in [0.25, 0.3) is 17.1 Å². The van der Waals surface area contributed by atoms with E-state index >= 15 is 0 Å². The molecule has 9 heteroatoms. The number of aromatic nitrogens is 4. The van der Waals surface area contributed by atoms with Crippen LogP contribution in [0.5, 0.6) is 0 Å². The Morgan fingerprint density at radius 1 is 1.14 bits per heavy atom. The summed E-state index contributed by atoms with van der Waals surface area (Å²) in [5.41, 5.74) is 1.76. The van der Waals surface area contributed by atoms with Gasteiger partial charge < -0.3 is 9.15 Å². The molecule has 29 heavy (non-hydrogen) atoms. The van der Waals surface area contributed by atoms with E-state index in [0.717, 1.165) is 5.56 Å². The van der Waals surface area contributed by atoms with Gasteiger partial charge in [0.2, 0.25) is 5.89 Å². The minimum absolute atomic E-state index is 0.0645. The zero-order chi connectivity index (χ0) is 20.4. The predicted octanol–water partition coefficient (Wildman–Crippen LogP) is 4.38. The molecule has 0 aliphatic carbocycles. The normalized spacial score (nSPS) is 10.9. The first-order valence-corrected chi connectivity index (χ1v) is 8.96. The summed E-state index contributed by atoms with van der Waals surface area (Å²) in [5, 5.41) is 12.1. The lowest BCUT2D eigenvalue weighted by atomic mass is 10.2. The molecule has 7 nitrogen and oxygen atoms in total. The van der Waals surface area contributed by atoms with Crippen molar-refractivity contribution in [2.24, 2.45) is 0 Å². The molecular formula is C20H14ClFN4O3. The molecule has 0 amide bonds. The van der Waals surface area contributed by atoms with E-state index in [4.69, 9.17) is 20.8 Å². The van der Waals surface area contributed by atoms with Gasteiger partial charge in [0, 0.05) is 5.56 Å². The molecule has 4 rings (SSSR count). The van der Waals surface area contributed by atoms with Crippen molar-refractivity contribution in [2.75, 3.05) is 0 Å². The van der Waals surface area contributed by atoms with E-state index in [0.29, 0.717) is 17.3 Å². The van der Waals surface area contributed by atoms with Crippen molar-refractivity contribution in [3.8, 4) is 17.1 Å². The average Bonchev–Trinajstić information content (AvgIpc) is 3.32. The minimum atomic E-state index is -0.680. The van der Waals surface area contributed by atoms with E-state index in [1.807, 2.05) is 30.3 Å². The van der Waals surface area contributed by atoms with E-state index in [1.165, 1.54) is 28.9 Å². The number of aryl methyl sites for hydroxylation is 1. The molecule has 0 spiro atoms. The zero-order valence-electron chi connectivity index (χ0n) is 15.2. The van der Waals surface area contributed by atoms with Gasteiger partial charge in [-0.1, -0.05) is 29.8 Å². The molecule has 0 bridgehead atoms. The summed E-state index contributed by atoms with van der Waals surface area (Å²) in [6.45, 7) is 1.42. The van der Waals surface area contributed by atoms with Crippen LogP contribution in [-0.2, 0) is 11.3 Å². The summed E-state index contributed by atoms with van der Waals surface area (Å²) in [4.78, 5) is 12.5. The minimum Gasteiger partial charge on any atom is -0.452 e. The summed E-state index contributed by atoms with van der Waals surface area (Å²) in [7, 11) is 0. The Balaban J connectivity index is 1.49. The van der Waals surface area contributed by atoms with Crippen molar-refractivity contribution < 1.29 is 18.3 Å². The molecule has 146 valence electrons. The number of hydrogen-bond acceptors (Lipinski definition) is 6. The monoisotopic (exact) mass is 412 g/mol. The summed E-state index contributed by atoms with van der Waals surface area (Å²) < 4.78 is 25.2. The number of ether oxygens (including phenoxy) is 1. The van der Waals surface area contributed by atoms with Gasteiger partial charge in [0.15, 0.2) is 6.61 Å². The van der Waals surface area contributed by atoms with E-state index in [2.05, 4.69) is 15.3 Å². The van der Waals surface area contributed by atoms with E-state index in [1.54, 1.807) is 6.92 Å². The molecule has 0 radical (unpaired) electrons. The molecule has 0 saturated carbocycles. The first-order chi connectivity index (χ1) is 14.0. The Bertz CT molecular complexity index is 1160. The number of halogens is 2. The Morgan fingerprint density at radius 2 is 1.86 bits per heavy atom. The fourth-order valence-corrected chi connectivity index (χ4v) is 3.04. The van der Waals surface area contributed by atoms with Gasteiger partial charge >= 0.3 is 5.97 Å². The number of carbonyl (C=O) groups is 1. The van der Waals surface area contributed by atoms with Crippen LogP contribution in [-0.4, -0.2) is 25.9 Å². The molecule has 2 aromatic heterocycles. The lowest BCUT2D eigenvalue weighted by Gasteiger charge is -2.04. The van der Waals surface area contributed by atoms with E-state index < -0.39 is 5.97 Å². The van der Waals surface area contributed by atoms with Crippen molar-refractivity contribution in [1.29, 1.82) is 0 Å².